The van der Waals surface area contributed by atoms with Gasteiger partial charge in [0.2, 0.25) is 0 Å². The molecule has 0 unspecified atom stereocenters. The van der Waals surface area contributed by atoms with Crippen LogP contribution in [0.5, 0.6) is 5.75 Å². The van der Waals surface area contributed by atoms with E-state index in [0.717, 1.165) is 18.8 Å². The maximum atomic E-state index is 11.7. The predicted molar refractivity (Wildman–Crippen MR) is 78.5 cm³/mol. The molecule has 1 fully saturated rings. The molecule has 110 valence electrons. The predicted octanol–water partition coefficient (Wildman–Crippen LogP) is 2.73. The molecule has 1 aromatic rings. The number of nitrogens with one attached hydrogen (secondary N) is 2. The van der Waals surface area contributed by atoms with E-state index in [1.807, 2.05) is 39.0 Å². The van der Waals surface area contributed by atoms with Crippen molar-refractivity contribution in [2.75, 3.05) is 25.5 Å². The molecule has 5 heteroatoms. The maximum absolute atomic E-state index is 11.7. The Hall–Kier alpha value is -1.75. The van der Waals surface area contributed by atoms with Crippen LogP contribution in [-0.4, -0.2) is 31.9 Å². The van der Waals surface area contributed by atoms with Crippen molar-refractivity contribution in [2.24, 2.45) is 0 Å². The average molecular weight is 278 g/mol. The normalized spacial score (nSPS) is 15.4. The van der Waals surface area contributed by atoms with Crippen molar-refractivity contribution in [2.45, 2.75) is 32.3 Å². The quantitative estimate of drug-likeness (QED) is 0.892. The van der Waals surface area contributed by atoms with Gasteiger partial charge < -0.3 is 14.8 Å². The summed E-state index contributed by atoms with van der Waals surface area (Å²) in [5, 5.41) is 5.96. The monoisotopic (exact) mass is 278 g/mol. The van der Waals surface area contributed by atoms with Gasteiger partial charge in [-0.25, -0.2) is 4.79 Å². The fourth-order valence-corrected chi connectivity index (χ4v) is 2.06. The van der Waals surface area contributed by atoms with Crippen molar-refractivity contribution in [3.8, 4) is 5.75 Å². The highest BCUT2D eigenvalue weighted by Crippen LogP contribution is 2.31. The molecule has 0 aliphatic carbocycles. The van der Waals surface area contributed by atoms with Crippen molar-refractivity contribution in [3.05, 3.63) is 23.8 Å². The van der Waals surface area contributed by atoms with Gasteiger partial charge >= 0.3 is 6.09 Å². The van der Waals surface area contributed by atoms with Crippen LogP contribution in [0, 0.1) is 0 Å². The minimum absolute atomic E-state index is 0.461. The minimum Gasteiger partial charge on any atom is -0.496 e. The second kappa shape index (κ2) is 5.71. The molecule has 0 spiro atoms. The lowest BCUT2D eigenvalue weighted by Gasteiger charge is -2.29. The van der Waals surface area contributed by atoms with Crippen LogP contribution in [-0.2, 0) is 4.74 Å². The van der Waals surface area contributed by atoms with Crippen LogP contribution >= 0.6 is 0 Å². The van der Waals surface area contributed by atoms with Gasteiger partial charge in [-0.3, -0.25) is 5.32 Å². The molecule has 1 saturated heterocycles. The van der Waals surface area contributed by atoms with Crippen molar-refractivity contribution in [1.82, 2.24) is 5.32 Å². The lowest BCUT2D eigenvalue weighted by Crippen LogP contribution is -2.40. The molecular weight excluding hydrogens is 256 g/mol. The molecule has 0 saturated carbocycles. The molecule has 1 aliphatic rings. The molecule has 1 aromatic carbocycles. The third-order valence-corrected chi connectivity index (χ3v) is 3.10. The van der Waals surface area contributed by atoms with E-state index in [1.165, 1.54) is 5.56 Å². The van der Waals surface area contributed by atoms with Crippen LogP contribution in [0.2, 0.25) is 0 Å². The minimum atomic E-state index is -0.508. The largest absolute Gasteiger partial charge is 0.496 e. The number of hydrogen-bond donors (Lipinski definition) is 2. The number of benzene rings is 1. The lowest BCUT2D eigenvalue weighted by atomic mass is 9.93. The Kier molecular flexibility index (Phi) is 4.18. The van der Waals surface area contributed by atoms with E-state index in [4.69, 9.17) is 9.47 Å². The highest BCUT2D eigenvalue weighted by atomic mass is 16.6. The molecule has 1 amide bonds. The number of amides is 1. The summed E-state index contributed by atoms with van der Waals surface area (Å²) in [5.74, 6) is 1.28. The fourth-order valence-electron chi connectivity index (χ4n) is 2.06. The Morgan fingerprint density at radius 3 is 2.55 bits per heavy atom. The highest BCUT2D eigenvalue weighted by Gasteiger charge is 2.23. The number of hydrogen-bond acceptors (Lipinski definition) is 4. The van der Waals surface area contributed by atoms with Crippen molar-refractivity contribution >= 4 is 11.8 Å². The Bertz CT molecular complexity index is 490. The summed E-state index contributed by atoms with van der Waals surface area (Å²) in [6, 6.07) is 5.70. The van der Waals surface area contributed by atoms with Crippen LogP contribution in [0.1, 0.15) is 32.3 Å². The highest BCUT2D eigenvalue weighted by molar-refractivity contribution is 5.85. The third kappa shape index (κ3) is 3.63. The van der Waals surface area contributed by atoms with Crippen molar-refractivity contribution in [1.29, 1.82) is 0 Å². The van der Waals surface area contributed by atoms with E-state index >= 15 is 0 Å². The van der Waals surface area contributed by atoms with Gasteiger partial charge in [0, 0.05) is 30.8 Å². The molecule has 2 rings (SSSR count). The van der Waals surface area contributed by atoms with Crippen LogP contribution in [0.3, 0.4) is 0 Å². The zero-order valence-corrected chi connectivity index (χ0v) is 12.4. The van der Waals surface area contributed by atoms with Gasteiger partial charge in [0.05, 0.1) is 7.11 Å². The summed E-state index contributed by atoms with van der Waals surface area (Å²) in [6.07, 6.45) is -0.461. The number of methoxy groups -OCH3 is 1. The Balaban J connectivity index is 2.07. The summed E-state index contributed by atoms with van der Waals surface area (Å²) in [5.41, 5.74) is 1.33. The number of carbonyl (C=O) groups is 1. The van der Waals surface area contributed by atoms with Gasteiger partial charge in [0.15, 0.2) is 0 Å². The van der Waals surface area contributed by atoms with Gasteiger partial charge in [-0.05, 0) is 32.4 Å². The summed E-state index contributed by atoms with van der Waals surface area (Å²) in [4.78, 5) is 11.7. The molecule has 1 heterocycles. The van der Waals surface area contributed by atoms with Crippen LogP contribution < -0.4 is 15.4 Å². The summed E-state index contributed by atoms with van der Waals surface area (Å²) in [7, 11) is 1.64. The molecule has 0 radical (unpaired) electrons. The molecule has 0 atom stereocenters. The van der Waals surface area contributed by atoms with E-state index in [-0.39, 0.29) is 0 Å². The van der Waals surface area contributed by atoms with E-state index < -0.39 is 11.7 Å². The van der Waals surface area contributed by atoms with Crippen molar-refractivity contribution in [3.63, 3.8) is 0 Å². The smallest absolute Gasteiger partial charge is 0.412 e. The number of anilines is 1. The zero-order chi connectivity index (χ0) is 14.8. The molecule has 20 heavy (non-hydrogen) atoms. The van der Waals surface area contributed by atoms with Crippen LogP contribution in [0.15, 0.2) is 18.2 Å². The Labute approximate surface area is 119 Å². The summed E-state index contributed by atoms with van der Waals surface area (Å²) < 4.78 is 10.6. The number of rotatable bonds is 3. The van der Waals surface area contributed by atoms with Crippen LogP contribution in [0.25, 0.3) is 0 Å². The first-order valence-electron chi connectivity index (χ1n) is 6.78. The zero-order valence-electron chi connectivity index (χ0n) is 12.4. The topological polar surface area (TPSA) is 59.6 Å². The molecule has 5 nitrogen and oxygen atoms in total. The molecule has 0 aromatic heterocycles. The van der Waals surface area contributed by atoms with Gasteiger partial charge in [-0.2, -0.15) is 0 Å². The van der Waals surface area contributed by atoms with E-state index in [9.17, 15) is 4.79 Å². The Morgan fingerprint density at radius 2 is 2.05 bits per heavy atom. The van der Waals surface area contributed by atoms with Crippen molar-refractivity contribution < 1.29 is 14.3 Å². The summed E-state index contributed by atoms with van der Waals surface area (Å²) in [6.45, 7) is 7.43. The number of carbonyl (C=O) groups excluding carboxylic acids is 1. The molecule has 0 bridgehead atoms. The summed E-state index contributed by atoms with van der Waals surface area (Å²) >= 11 is 0. The van der Waals surface area contributed by atoms with Gasteiger partial charge in [-0.15, -0.1) is 0 Å². The second-order valence-corrected chi connectivity index (χ2v) is 5.94. The van der Waals surface area contributed by atoms with Gasteiger partial charge in [0.25, 0.3) is 0 Å². The lowest BCUT2D eigenvalue weighted by molar-refractivity contribution is 0.0636. The fraction of sp³-hybridized carbons (Fsp3) is 0.533. The average Bonchev–Trinajstić information content (AvgIpc) is 2.26. The van der Waals surface area contributed by atoms with Crippen LogP contribution in [0.4, 0.5) is 10.5 Å². The van der Waals surface area contributed by atoms with E-state index in [1.54, 1.807) is 7.11 Å². The third-order valence-electron chi connectivity index (χ3n) is 3.10. The first kappa shape index (κ1) is 14.7. The first-order chi connectivity index (χ1) is 9.39. The Morgan fingerprint density at radius 1 is 1.35 bits per heavy atom. The van der Waals surface area contributed by atoms with Gasteiger partial charge in [0.1, 0.15) is 11.4 Å². The second-order valence-electron chi connectivity index (χ2n) is 5.94. The number of ether oxygens (including phenoxy) is 2. The molecule has 2 N–H and O–H groups in total. The van der Waals surface area contributed by atoms with E-state index in [2.05, 4.69) is 10.6 Å². The standard InChI is InChI=1S/C15H22N2O3/c1-15(2,3)20-14(18)17-11-5-6-12(10-8-16-9-10)13(7-11)19-4/h5-7,10,16H,8-9H2,1-4H3,(H,17,18). The van der Waals surface area contributed by atoms with E-state index in [0.29, 0.717) is 11.6 Å². The molecule has 1 aliphatic heterocycles. The first-order valence-corrected chi connectivity index (χ1v) is 6.78. The van der Waals surface area contributed by atoms with Gasteiger partial charge in [-0.1, -0.05) is 6.07 Å². The SMILES string of the molecule is COc1cc(NC(=O)OC(C)(C)C)ccc1C1CNC1. The maximum Gasteiger partial charge on any atom is 0.412 e. The molecular formula is C15H22N2O3.